The zero-order chi connectivity index (χ0) is 27.0. The molecule has 0 spiro atoms. The fraction of sp³-hybridized carbons (Fsp3) is 0.200. The van der Waals surface area contributed by atoms with Crippen molar-refractivity contribution in [3.8, 4) is 11.1 Å². The van der Waals surface area contributed by atoms with Crippen molar-refractivity contribution in [3.63, 3.8) is 0 Å². The van der Waals surface area contributed by atoms with Crippen molar-refractivity contribution in [1.29, 1.82) is 0 Å². The third-order valence-electron chi connectivity index (χ3n) is 7.05. The first-order valence-electron chi connectivity index (χ1n) is 12.4. The molecule has 0 aliphatic carbocycles. The van der Waals surface area contributed by atoms with Crippen molar-refractivity contribution in [2.24, 2.45) is 7.05 Å². The molecule has 3 aromatic carbocycles. The Kier molecular flexibility index (Phi) is 7.05. The summed E-state index contributed by atoms with van der Waals surface area (Å²) in [5, 5.41) is 14.4. The fourth-order valence-corrected chi connectivity index (χ4v) is 5.32. The zero-order valence-electron chi connectivity index (χ0n) is 21.4. The number of aliphatic hydroxyl groups is 1. The number of rotatable bonds is 6. The van der Waals surface area contributed by atoms with Gasteiger partial charge in [-0.2, -0.15) is 0 Å². The lowest BCUT2D eigenvalue weighted by Gasteiger charge is -2.30. The lowest BCUT2D eigenvalue weighted by atomic mass is 9.83. The molecule has 38 heavy (non-hydrogen) atoms. The molecule has 1 atom stereocenters. The smallest absolute Gasteiger partial charge is 0.328 e. The monoisotopic (exact) mass is 546 g/mol. The number of nitrogens with zero attached hydrogens (tertiary/aromatic N) is 4. The van der Waals surface area contributed by atoms with Crippen molar-refractivity contribution in [2.45, 2.75) is 19.4 Å². The summed E-state index contributed by atoms with van der Waals surface area (Å²) in [6.45, 7) is 5.11. The molecule has 194 valence electrons. The minimum atomic E-state index is -1.53. The first kappa shape index (κ1) is 26.0. The van der Waals surface area contributed by atoms with Crippen LogP contribution in [0.4, 0.5) is 4.79 Å². The molecule has 6 nitrogen and oxygen atoms in total. The highest BCUT2D eigenvalue weighted by Gasteiger charge is 2.37. The Morgan fingerprint density at radius 3 is 2.32 bits per heavy atom. The molecular formula is C30H28Cl2N4O2. The summed E-state index contributed by atoms with van der Waals surface area (Å²) in [5.41, 5.74) is 2.81. The van der Waals surface area contributed by atoms with Crippen molar-refractivity contribution in [2.75, 3.05) is 13.1 Å². The van der Waals surface area contributed by atoms with Crippen LogP contribution in [0.3, 0.4) is 0 Å². The van der Waals surface area contributed by atoms with E-state index in [1.807, 2.05) is 81.7 Å². The van der Waals surface area contributed by atoms with Crippen LogP contribution in [-0.4, -0.2) is 43.2 Å². The van der Waals surface area contributed by atoms with Crippen LogP contribution in [0, 0.1) is 0 Å². The van der Waals surface area contributed by atoms with Crippen molar-refractivity contribution < 1.29 is 9.90 Å². The molecule has 1 N–H and O–H groups in total. The van der Waals surface area contributed by atoms with E-state index in [9.17, 15) is 9.90 Å². The minimum Gasteiger partial charge on any atom is -0.374 e. The first-order chi connectivity index (χ1) is 18.3. The van der Waals surface area contributed by atoms with Gasteiger partial charge in [-0.25, -0.2) is 9.78 Å². The third-order valence-corrected chi connectivity index (χ3v) is 7.53. The third kappa shape index (κ3) is 4.39. The van der Waals surface area contributed by atoms with Crippen molar-refractivity contribution >= 4 is 40.1 Å². The zero-order valence-corrected chi connectivity index (χ0v) is 22.9. The molecule has 0 saturated heterocycles. The lowest BCUT2D eigenvalue weighted by Crippen LogP contribution is -2.34. The number of carbonyl (C=O) groups excluding carboxylic acids is 1. The molecule has 0 bridgehead atoms. The molecule has 0 radical (unpaired) electrons. The van der Waals surface area contributed by atoms with Crippen LogP contribution >= 0.6 is 23.2 Å². The summed E-state index contributed by atoms with van der Waals surface area (Å²) >= 11 is 12.5. The lowest BCUT2D eigenvalue weighted by molar-refractivity contribution is 0.117. The Hall–Kier alpha value is -3.58. The van der Waals surface area contributed by atoms with Crippen LogP contribution in [0.1, 0.15) is 30.7 Å². The van der Waals surface area contributed by atoms with E-state index < -0.39 is 5.60 Å². The second-order valence-corrected chi connectivity index (χ2v) is 10.1. The summed E-state index contributed by atoms with van der Waals surface area (Å²) in [4.78, 5) is 19.5. The fourth-order valence-electron chi connectivity index (χ4n) is 5.01. The van der Waals surface area contributed by atoms with Gasteiger partial charge in [0, 0.05) is 47.3 Å². The number of hydrogen-bond acceptors (Lipinski definition) is 3. The van der Waals surface area contributed by atoms with Crippen LogP contribution in [0.25, 0.3) is 22.0 Å². The average molecular weight is 547 g/mol. The quantitative estimate of drug-likeness (QED) is 0.251. The predicted molar refractivity (Wildman–Crippen MR) is 153 cm³/mol. The summed E-state index contributed by atoms with van der Waals surface area (Å²) in [7, 11) is 1.85. The molecule has 2 aromatic heterocycles. The predicted octanol–water partition coefficient (Wildman–Crippen LogP) is 6.94. The number of imidazole rings is 1. The van der Waals surface area contributed by atoms with E-state index in [0.717, 1.165) is 22.0 Å². The first-order valence-corrected chi connectivity index (χ1v) is 13.2. The molecule has 0 fully saturated rings. The molecule has 1 amide bonds. The number of aryl methyl sites for hydroxylation is 1. The van der Waals surface area contributed by atoms with Crippen LogP contribution in [0.15, 0.2) is 85.5 Å². The van der Waals surface area contributed by atoms with Gasteiger partial charge in [-0.3, -0.25) is 4.57 Å². The largest absolute Gasteiger partial charge is 0.374 e. The van der Waals surface area contributed by atoms with Crippen LogP contribution in [-0.2, 0) is 12.6 Å². The maximum absolute atomic E-state index is 13.5. The van der Waals surface area contributed by atoms with Crippen LogP contribution < -0.4 is 0 Å². The van der Waals surface area contributed by atoms with E-state index in [2.05, 4.69) is 4.98 Å². The molecule has 5 rings (SSSR count). The summed E-state index contributed by atoms with van der Waals surface area (Å²) in [6, 6.07) is 20.3. The SMILES string of the molecule is CCN(CC)C(=O)n1cc(-c2cccc(Cl)c2)c2cc(C(O)(c3ccc(Cl)cc3)c3cncn3C)ccc21. The number of halogens is 2. The second-order valence-electron chi connectivity index (χ2n) is 9.22. The molecule has 0 saturated carbocycles. The van der Waals surface area contributed by atoms with E-state index in [0.29, 0.717) is 40.0 Å². The highest BCUT2D eigenvalue weighted by Crippen LogP contribution is 2.40. The summed E-state index contributed by atoms with van der Waals surface area (Å²) < 4.78 is 3.47. The summed E-state index contributed by atoms with van der Waals surface area (Å²) in [6.07, 6.45) is 5.17. The van der Waals surface area contributed by atoms with Gasteiger partial charge in [0.05, 0.1) is 23.7 Å². The van der Waals surface area contributed by atoms with Gasteiger partial charge in [0.2, 0.25) is 0 Å². The number of aromatic nitrogens is 3. The van der Waals surface area contributed by atoms with Gasteiger partial charge in [0.1, 0.15) is 0 Å². The second kappa shape index (κ2) is 10.3. The normalized spacial score (nSPS) is 13.0. The minimum absolute atomic E-state index is 0.111. The van der Waals surface area contributed by atoms with Gasteiger partial charge in [-0.05, 0) is 66.9 Å². The van der Waals surface area contributed by atoms with E-state index >= 15 is 0 Å². The maximum atomic E-state index is 13.5. The van der Waals surface area contributed by atoms with Crippen molar-refractivity contribution in [1.82, 2.24) is 19.0 Å². The van der Waals surface area contributed by atoms with Gasteiger partial charge in [0.25, 0.3) is 0 Å². The van der Waals surface area contributed by atoms with E-state index in [4.69, 9.17) is 23.2 Å². The van der Waals surface area contributed by atoms with E-state index in [1.165, 1.54) is 0 Å². The highest BCUT2D eigenvalue weighted by molar-refractivity contribution is 6.31. The summed E-state index contributed by atoms with van der Waals surface area (Å²) in [5.74, 6) is 0. The van der Waals surface area contributed by atoms with Crippen molar-refractivity contribution in [3.05, 3.63) is 112 Å². The van der Waals surface area contributed by atoms with E-state index in [1.54, 1.807) is 38.7 Å². The Bertz CT molecular complexity index is 1620. The number of benzene rings is 3. The van der Waals surface area contributed by atoms with E-state index in [-0.39, 0.29) is 6.03 Å². The van der Waals surface area contributed by atoms with Gasteiger partial charge >= 0.3 is 6.03 Å². The Labute approximate surface area is 231 Å². The molecule has 5 aromatic rings. The number of amides is 1. The molecule has 0 aliphatic heterocycles. The van der Waals surface area contributed by atoms with Gasteiger partial charge < -0.3 is 14.6 Å². The van der Waals surface area contributed by atoms with Gasteiger partial charge in [0.15, 0.2) is 5.60 Å². The van der Waals surface area contributed by atoms with Crippen LogP contribution in [0.5, 0.6) is 0 Å². The Morgan fingerprint density at radius 2 is 1.68 bits per heavy atom. The standard InChI is InChI=1S/C30H28Cl2N4O2/c1-4-35(5-2)29(37)36-18-26(20-7-6-8-24(32)15-20)25-16-22(11-14-27(25)36)30(38,28-17-33-19-34(28)3)21-9-12-23(31)13-10-21/h6-19,38H,4-5H2,1-3H3. The number of fused-ring (bicyclic) bond motifs is 1. The number of carbonyl (C=O) groups is 1. The number of hydrogen-bond donors (Lipinski definition) is 1. The van der Waals surface area contributed by atoms with Gasteiger partial charge in [-0.1, -0.05) is 53.5 Å². The average Bonchev–Trinajstić information content (AvgIpc) is 3.53. The highest BCUT2D eigenvalue weighted by atomic mass is 35.5. The molecule has 2 heterocycles. The topological polar surface area (TPSA) is 63.3 Å². The molecule has 1 unspecified atom stereocenters. The maximum Gasteiger partial charge on any atom is 0.328 e. The Morgan fingerprint density at radius 1 is 0.974 bits per heavy atom. The molecule has 0 aliphatic rings. The van der Waals surface area contributed by atoms with Gasteiger partial charge in [-0.15, -0.1) is 0 Å². The molecular weight excluding hydrogens is 519 g/mol. The Balaban J connectivity index is 1.79. The van der Waals surface area contributed by atoms with Crippen LogP contribution in [0.2, 0.25) is 10.0 Å². The molecule has 8 heteroatoms.